The summed E-state index contributed by atoms with van der Waals surface area (Å²) in [6, 6.07) is 6.35. The standard InChI is InChI=1S/C19H20N4O4S/c1-10-6-13-16(14(25)7-10)17(11-4-3-5-12(24)8-11)23-18(20-13)21-19(22-23)28-9-15(26)27-2/h3-5,8,10,17,24H,6-7,9H2,1-2H3,(H,20,21,22)/t10-,17+/m1/s1. The molecule has 0 spiro atoms. The largest absolute Gasteiger partial charge is 0.508 e. The van der Waals surface area contributed by atoms with Crippen LogP contribution in [0.3, 0.4) is 0 Å². The molecule has 1 aliphatic carbocycles. The van der Waals surface area contributed by atoms with Gasteiger partial charge in [-0.15, -0.1) is 5.10 Å². The first kappa shape index (κ1) is 18.5. The summed E-state index contributed by atoms with van der Waals surface area (Å²) >= 11 is 1.17. The molecule has 2 aromatic rings. The van der Waals surface area contributed by atoms with Crippen molar-refractivity contribution in [1.29, 1.82) is 0 Å². The molecule has 4 rings (SSSR count). The zero-order chi connectivity index (χ0) is 19.8. The van der Waals surface area contributed by atoms with Gasteiger partial charge in [0, 0.05) is 17.7 Å². The third-order valence-corrected chi connectivity index (χ3v) is 5.65. The number of anilines is 1. The van der Waals surface area contributed by atoms with E-state index in [4.69, 9.17) is 0 Å². The van der Waals surface area contributed by atoms with E-state index < -0.39 is 6.04 Å². The van der Waals surface area contributed by atoms with Crippen LogP contribution in [0.25, 0.3) is 0 Å². The summed E-state index contributed by atoms with van der Waals surface area (Å²) in [5.74, 6) is 0.681. The van der Waals surface area contributed by atoms with Crippen LogP contribution in [0.1, 0.15) is 31.4 Å². The molecule has 2 heterocycles. The normalized spacial score (nSPS) is 21.0. The van der Waals surface area contributed by atoms with Crippen molar-refractivity contribution in [3.05, 3.63) is 41.1 Å². The molecule has 2 atom stereocenters. The van der Waals surface area contributed by atoms with Crippen molar-refractivity contribution >= 4 is 29.5 Å². The topological polar surface area (TPSA) is 106 Å². The summed E-state index contributed by atoms with van der Waals surface area (Å²) < 4.78 is 6.32. The summed E-state index contributed by atoms with van der Waals surface area (Å²) in [6.07, 6.45) is 1.22. The third-order valence-electron chi connectivity index (χ3n) is 4.84. The quantitative estimate of drug-likeness (QED) is 0.596. The predicted molar refractivity (Wildman–Crippen MR) is 103 cm³/mol. The number of allylic oxidation sites excluding steroid dienone is 2. The smallest absolute Gasteiger partial charge is 0.316 e. The monoisotopic (exact) mass is 400 g/mol. The number of ether oxygens (including phenoxy) is 1. The van der Waals surface area contributed by atoms with Gasteiger partial charge in [-0.3, -0.25) is 9.59 Å². The number of thioether (sulfide) groups is 1. The van der Waals surface area contributed by atoms with Gasteiger partial charge in [0.15, 0.2) is 5.78 Å². The Bertz CT molecular complexity index is 984. The molecule has 0 saturated heterocycles. The minimum absolute atomic E-state index is 0.0690. The summed E-state index contributed by atoms with van der Waals surface area (Å²) in [7, 11) is 1.33. The van der Waals surface area contributed by atoms with Gasteiger partial charge in [0.1, 0.15) is 11.8 Å². The van der Waals surface area contributed by atoms with Crippen LogP contribution < -0.4 is 5.32 Å². The highest BCUT2D eigenvalue weighted by Crippen LogP contribution is 2.42. The van der Waals surface area contributed by atoms with E-state index in [1.165, 1.54) is 18.9 Å². The second kappa shape index (κ2) is 7.31. The maximum atomic E-state index is 12.9. The Morgan fingerprint density at radius 2 is 2.25 bits per heavy atom. The lowest BCUT2D eigenvalue weighted by Crippen LogP contribution is -2.33. The highest BCUT2D eigenvalue weighted by molar-refractivity contribution is 7.99. The van der Waals surface area contributed by atoms with Crippen LogP contribution in [-0.2, 0) is 14.3 Å². The van der Waals surface area contributed by atoms with Gasteiger partial charge in [0.25, 0.3) is 0 Å². The van der Waals surface area contributed by atoms with E-state index in [1.807, 2.05) is 13.0 Å². The number of benzene rings is 1. The second-order valence-electron chi connectivity index (χ2n) is 6.98. The Balaban J connectivity index is 1.77. The number of Topliss-reactive ketones (excluding diaryl/α,β-unsaturated/α-hetero) is 1. The van der Waals surface area contributed by atoms with Gasteiger partial charge < -0.3 is 15.2 Å². The molecule has 2 aliphatic rings. The number of ketones is 1. The van der Waals surface area contributed by atoms with Crippen LogP contribution in [0.5, 0.6) is 5.75 Å². The number of rotatable bonds is 4. The van der Waals surface area contributed by atoms with E-state index in [2.05, 4.69) is 20.1 Å². The molecular weight excluding hydrogens is 380 g/mol. The number of carbonyl (C=O) groups excluding carboxylic acids is 2. The fraction of sp³-hybridized carbons (Fsp3) is 0.368. The number of hydrogen-bond donors (Lipinski definition) is 2. The van der Waals surface area contributed by atoms with E-state index >= 15 is 0 Å². The first-order valence-corrected chi connectivity index (χ1v) is 9.93. The second-order valence-corrected chi connectivity index (χ2v) is 7.92. The van der Waals surface area contributed by atoms with Crippen molar-refractivity contribution < 1.29 is 19.4 Å². The molecule has 1 aromatic carbocycles. The molecule has 9 heteroatoms. The average molecular weight is 400 g/mol. The maximum absolute atomic E-state index is 12.9. The zero-order valence-corrected chi connectivity index (χ0v) is 16.3. The molecule has 8 nitrogen and oxygen atoms in total. The summed E-state index contributed by atoms with van der Waals surface area (Å²) in [6.45, 7) is 2.05. The molecule has 146 valence electrons. The van der Waals surface area contributed by atoms with Crippen molar-refractivity contribution in [3.63, 3.8) is 0 Å². The molecule has 0 saturated carbocycles. The molecule has 1 aliphatic heterocycles. The van der Waals surface area contributed by atoms with Gasteiger partial charge in [-0.25, -0.2) is 4.68 Å². The summed E-state index contributed by atoms with van der Waals surface area (Å²) in [5.41, 5.74) is 2.26. The van der Waals surface area contributed by atoms with Crippen LogP contribution in [0.2, 0.25) is 0 Å². The number of phenolic OH excluding ortho intramolecular Hbond substituents is 1. The zero-order valence-electron chi connectivity index (χ0n) is 15.5. The van der Waals surface area contributed by atoms with Crippen LogP contribution in [-0.4, -0.2) is 44.5 Å². The average Bonchev–Trinajstić information content (AvgIpc) is 3.06. The van der Waals surface area contributed by atoms with E-state index in [0.717, 1.165) is 17.7 Å². The number of esters is 1. The lowest BCUT2D eigenvalue weighted by atomic mass is 9.81. The van der Waals surface area contributed by atoms with Crippen molar-refractivity contribution in [2.75, 3.05) is 18.2 Å². The number of nitrogens with zero attached hydrogens (tertiary/aromatic N) is 3. The summed E-state index contributed by atoms with van der Waals surface area (Å²) in [4.78, 5) is 28.8. The Hall–Kier alpha value is -2.81. The first-order chi connectivity index (χ1) is 13.5. The Kier molecular flexibility index (Phi) is 4.84. The SMILES string of the molecule is COC(=O)CSc1nc2n(n1)[C@@H](c1cccc(O)c1)C1=C(C[C@@H](C)CC1=O)N2. The molecule has 0 radical (unpaired) electrons. The molecule has 0 amide bonds. The molecular formula is C19H20N4O4S. The number of aromatic hydroxyl groups is 1. The summed E-state index contributed by atoms with van der Waals surface area (Å²) in [5, 5.41) is 18.1. The Labute approximate surface area is 166 Å². The first-order valence-electron chi connectivity index (χ1n) is 8.94. The molecule has 0 bridgehead atoms. The maximum Gasteiger partial charge on any atom is 0.316 e. The third kappa shape index (κ3) is 3.37. The molecule has 28 heavy (non-hydrogen) atoms. The van der Waals surface area contributed by atoms with E-state index in [0.29, 0.717) is 23.1 Å². The molecule has 2 N–H and O–H groups in total. The number of nitrogens with one attached hydrogen (secondary N) is 1. The van der Waals surface area contributed by atoms with Crippen LogP contribution >= 0.6 is 11.8 Å². The lowest BCUT2D eigenvalue weighted by molar-refractivity contribution is -0.137. The fourth-order valence-corrected chi connectivity index (χ4v) is 4.30. The van der Waals surface area contributed by atoms with Crippen LogP contribution in [0.15, 0.2) is 40.7 Å². The fourth-order valence-electron chi connectivity index (χ4n) is 3.63. The van der Waals surface area contributed by atoms with Crippen molar-refractivity contribution in [2.45, 2.75) is 31.0 Å². The lowest BCUT2D eigenvalue weighted by Gasteiger charge is -2.34. The number of aromatic nitrogens is 3. The van der Waals surface area contributed by atoms with Gasteiger partial charge in [0.05, 0.1) is 12.9 Å². The Morgan fingerprint density at radius 3 is 3.00 bits per heavy atom. The van der Waals surface area contributed by atoms with Crippen LogP contribution in [0.4, 0.5) is 5.95 Å². The van der Waals surface area contributed by atoms with E-state index in [1.54, 1.807) is 22.9 Å². The van der Waals surface area contributed by atoms with Gasteiger partial charge in [0.2, 0.25) is 11.1 Å². The van der Waals surface area contributed by atoms with E-state index in [-0.39, 0.29) is 29.2 Å². The van der Waals surface area contributed by atoms with Crippen molar-refractivity contribution in [3.8, 4) is 5.75 Å². The predicted octanol–water partition coefficient (Wildman–Crippen LogP) is 2.52. The van der Waals surface area contributed by atoms with Gasteiger partial charge in [-0.05, 0) is 30.0 Å². The van der Waals surface area contributed by atoms with Gasteiger partial charge in [-0.1, -0.05) is 30.8 Å². The van der Waals surface area contributed by atoms with Crippen molar-refractivity contribution in [2.24, 2.45) is 5.92 Å². The van der Waals surface area contributed by atoms with Gasteiger partial charge >= 0.3 is 5.97 Å². The van der Waals surface area contributed by atoms with Crippen molar-refractivity contribution in [1.82, 2.24) is 14.8 Å². The Morgan fingerprint density at radius 1 is 1.43 bits per heavy atom. The highest BCUT2D eigenvalue weighted by Gasteiger charge is 2.38. The molecule has 1 aromatic heterocycles. The number of phenols is 1. The molecule has 0 unspecified atom stereocenters. The number of methoxy groups -OCH3 is 1. The van der Waals surface area contributed by atoms with Crippen LogP contribution in [0, 0.1) is 5.92 Å². The minimum Gasteiger partial charge on any atom is -0.508 e. The highest BCUT2D eigenvalue weighted by atomic mass is 32.2. The number of hydrogen-bond acceptors (Lipinski definition) is 8. The number of fused-ring (bicyclic) bond motifs is 1. The minimum atomic E-state index is -0.474. The van der Waals surface area contributed by atoms with Gasteiger partial charge in [-0.2, -0.15) is 4.98 Å². The number of carbonyl (C=O) groups is 2. The molecule has 0 fully saturated rings. The van der Waals surface area contributed by atoms with E-state index in [9.17, 15) is 14.7 Å².